The van der Waals surface area contributed by atoms with Crippen LogP contribution in [0.4, 0.5) is 37.8 Å². The average Bonchev–Trinajstić information content (AvgIpc) is 2.67. The van der Waals surface area contributed by atoms with Gasteiger partial charge < -0.3 is 15.0 Å². The maximum absolute atomic E-state index is 12.9. The maximum Gasteiger partial charge on any atom is 0.416 e. The molecule has 12 heteroatoms. The number of nitrogens with zero attached hydrogens (tertiary/aromatic N) is 3. The van der Waals surface area contributed by atoms with Crippen LogP contribution in [0.25, 0.3) is 0 Å². The number of ether oxygens (including phenoxy) is 1. The first-order valence-corrected chi connectivity index (χ1v) is 8.29. The smallest absolute Gasteiger partial charge is 0.378 e. The van der Waals surface area contributed by atoms with Gasteiger partial charge in [-0.15, -0.1) is 0 Å². The van der Waals surface area contributed by atoms with Crippen LogP contribution >= 0.6 is 0 Å². The van der Waals surface area contributed by atoms with Crippen molar-refractivity contribution in [1.82, 2.24) is 9.97 Å². The first-order valence-electron chi connectivity index (χ1n) is 8.29. The summed E-state index contributed by atoms with van der Waals surface area (Å²) in [5.74, 6) is -0.567. The second-order valence-electron chi connectivity index (χ2n) is 6.11. The Morgan fingerprint density at radius 1 is 0.931 bits per heavy atom. The van der Waals surface area contributed by atoms with E-state index in [2.05, 4.69) is 9.97 Å². The van der Waals surface area contributed by atoms with Gasteiger partial charge in [-0.25, -0.2) is 9.97 Å². The number of nitrogens with one attached hydrogen (secondary N) is 1. The van der Waals surface area contributed by atoms with Crippen molar-refractivity contribution in [3.63, 3.8) is 0 Å². The Labute approximate surface area is 160 Å². The van der Waals surface area contributed by atoms with E-state index in [1.54, 1.807) is 0 Å². The summed E-state index contributed by atoms with van der Waals surface area (Å²) in [7, 11) is 0. The minimum Gasteiger partial charge on any atom is -0.378 e. The van der Waals surface area contributed by atoms with Gasteiger partial charge >= 0.3 is 12.4 Å². The van der Waals surface area contributed by atoms with E-state index >= 15 is 0 Å². The Morgan fingerprint density at radius 2 is 1.52 bits per heavy atom. The fourth-order valence-electron chi connectivity index (χ4n) is 2.66. The summed E-state index contributed by atoms with van der Waals surface area (Å²) in [5, 5.41) is 2.04. The molecule has 1 aromatic carbocycles. The summed E-state index contributed by atoms with van der Waals surface area (Å²) < 4.78 is 82.8. The summed E-state index contributed by atoms with van der Waals surface area (Å²) in [4.78, 5) is 22.0. The predicted molar refractivity (Wildman–Crippen MR) is 89.5 cm³/mol. The number of halogens is 6. The number of benzene rings is 1. The standard InChI is InChI=1S/C17H14F6N4O2/c18-16(19,20)10-5-11(17(21,22)23)7-12(6-10)26-15(28)13-8-14(25-9-24-13)27-1-3-29-4-2-27/h5-9H,1-4H2,(H,26,28). The number of hydrogen-bond acceptors (Lipinski definition) is 5. The molecule has 1 aliphatic rings. The highest BCUT2D eigenvalue weighted by atomic mass is 19.4. The second kappa shape index (κ2) is 7.85. The predicted octanol–water partition coefficient (Wildman–Crippen LogP) is 3.60. The highest BCUT2D eigenvalue weighted by Gasteiger charge is 2.37. The summed E-state index contributed by atoms with van der Waals surface area (Å²) in [6.45, 7) is 1.94. The van der Waals surface area contributed by atoms with E-state index in [0.29, 0.717) is 44.3 Å². The Morgan fingerprint density at radius 3 is 2.07 bits per heavy atom. The molecule has 156 valence electrons. The van der Waals surface area contributed by atoms with Crippen molar-refractivity contribution < 1.29 is 35.9 Å². The zero-order chi connectivity index (χ0) is 21.2. The van der Waals surface area contributed by atoms with E-state index in [1.165, 1.54) is 6.07 Å². The van der Waals surface area contributed by atoms with Gasteiger partial charge in [0.25, 0.3) is 5.91 Å². The normalized spacial score (nSPS) is 15.3. The molecule has 0 radical (unpaired) electrons. The molecule has 1 N–H and O–H groups in total. The van der Waals surface area contributed by atoms with Gasteiger partial charge in [-0.05, 0) is 18.2 Å². The third-order valence-corrected chi connectivity index (χ3v) is 4.07. The molecule has 1 aromatic heterocycles. The third kappa shape index (κ3) is 5.13. The molecule has 6 nitrogen and oxygen atoms in total. The Bertz CT molecular complexity index is 862. The lowest BCUT2D eigenvalue weighted by molar-refractivity contribution is -0.143. The number of alkyl halides is 6. The number of amides is 1. The van der Waals surface area contributed by atoms with Gasteiger partial charge in [-0.3, -0.25) is 4.79 Å². The summed E-state index contributed by atoms with van der Waals surface area (Å²) in [5.41, 5.74) is -3.91. The van der Waals surface area contributed by atoms with Gasteiger partial charge in [-0.2, -0.15) is 26.3 Å². The van der Waals surface area contributed by atoms with E-state index < -0.39 is 35.1 Å². The lowest BCUT2D eigenvalue weighted by atomic mass is 10.1. The molecular formula is C17H14F6N4O2. The number of anilines is 2. The van der Waals surface area contributed by atoms with Crippen LogP contribution in [0.3, 0.4) is 0 Å². The van der Waals surface area contributed by atoms with Crippen LogP contribution < -0.4 is 10.2 Å². The van der Waals surface area contributed by atoms with Gasteiger partial charge in [0.1, 0.15) is 17.8 Å². The van der Waals surface area contributed by atoms with Crippen LogP contribution in [0.5, 0.6) is 0 Å². The molecule has 0 bridgehead atoms. The maximum atomic E-state index is 12.9. The zero-order valence-corrected chi connectivity index (χ0v) is 14.6. The Balaban J connectivity index is 1.87. The third-order valence-electron chi connectivity index (χ3n) is 4.07. The van der Waals surface area contributed by atoms with Crippen LogP contribution in [-0.2, 0) is 17.1 Å². The van der Waals surface area contributed by atoms with E-state index in [4.69, 9.17) is 4.74 Å². The number of aromatic nitrogens is 2. The number of hydrogen-bond donors (Lipinski definition) is 1. The molecular weight excluding hydrogens is 406 g/mol. The molecule has 2 heterocycles. The largest absolute Gasteiger partial charge is 0.416 e. The minimum atomic E-state index is -5.01. The van der Waals surface area contributed by atoms with Crippen LogP contribution in [0.1, 0.15) is 21.6 Å². The van der Waals surface area contributed by atoms with E-state index in [0.717, 1.165) is 6.33 Å². The minimum absolute atomic E-state index is 0.0170. The fourth-order valence-corrected chi connectivity index (χ4v) is 2.66. The quantitative estimate of drug-likeness (QED) is 0.769. The van der Waals surface area contributed by atoms with E-state index in [9.17, 15) is 31.1 Å². The first-order chi connectivity index (χ1) is 13.5. The topological polar surface area (TPSA) is 67.4 Å². The number of carbonyl (C=O) groups excluding carboxylic acids is 1. The van der Waals surface area contributed by atoms with Crippen molar-refractivity contribution >= 4 is 17.4 Å². The Kier molecular flexibility index (Phi) is 5.64. The molecule has 0 aliphatic carbocycles. The van der Waals surface area contributed by atoms with Gasteiger partial charge in [-0.1, -0.05) is 0 Å². The van der Waals surface area contributed by atoms with E-state index in [-0.39, 0.29) is 11.8 Å². The highest BCUT2D eigenvalue weighted by molar-refractivity contribution is 6.03. The lowest BCUT2D eigenvalue weighted by Gasteiger charge is -2.27. The summed E-state index contributed by atoms with van der Waals surface area (Å²) in [6.07, 6.45) is -8.94. The summed E-state index contributed by atoms with van der Waals surface area (Å²) >= 11 is 0. The van der Waals surface area contributed by atoms with Gasteiger partial charge in [0.15, 0.2) is 0 Å². The van der Waals surface area contributed by atoms with Crippen molar-refractivity contribution in [3.05, 3.63) is 47.4 Å². The fraction of sp³-hybridized carbons (Fsp3) is 0.353. The number of rotatable bonds is 3. The zero-order valence-electron chi connectivity index (χ0n) is 14.6. The van der Waals surface area contributed by atoms with Crippen LogP contribution in [0, 0.1) is 0 Å². The average molecular weight is 420 g/mol. The molecule has 0 unspecified atom stereocenters. The number of morpholine rings is 1. The van der Waals surface area contributed by atoms with Gasteiger partial charge in [0.2, 0.25) is 0 Å². The van der Waals surface area contributed by atoms with Gasteiger partial charge in [0, 0.05) is 24.8 Å². The Hall–Kier alpha value is -2.89. The van der Waals surface area contributed by atoms with Crippen molar-refractivity contribution in [2.24, 2.45) is 0 Å². The lowest BCUT2D eigenvalue weighted by Crippen LogP contribution is -2.37. The molecule has 0 spiro atoms. The molecule has 3 rings (SSSR count). The molecule has 29 heavy (non-hydrogen) atoms. The van der Waals surface area contributed by atoms with Crippen molar-refractivity contribution in [2.45, 2.75) is 12.4 Å². The SMILES string of the molecule is O=C(Nc1cc(C(F)(F)F)cc(C(F)(F)F)c1)c1cc(N2CCOCC2)ncn1. The first kappa shape index (κ1) is 20.8. The van der Waals surface area contributed by atoms with Gasteiger partial charge in [0.05, 0.1) is 24.3 Å². The van der Waals surface area contributed by atoms with Crippen molar-refractivity contribution in [2.75, 3.05) is 36.5 Å². The second-order valence-corrected chi connectivity index (χ2v) is 6.11. The summed E-state index contributed by atoms with van der Waals surface area (Å²) in [6, 6.07) is 2.14. The molecule has 0 atom stereocenters. The molecule has 2 aromatic rings. The molecule has 1 amide bonds. The van der Waals surface area contributed by atoms with Crippen molar-refractivity contribution in [1.29, 1.82) is 0 Å². The molecule has 1 aliphatic heterocycles. The van der Waals surface area contributed by atoms with Crippen molar-refractivity contribution in [3.8, 4) is 0 Å². The van der Waals surface area contributed by atoms with Crippen LogP contribution in [-0.4, -0.2) is 42.2 Å². The molecule has 1 fully saturated rings. The van der Waals surface area contributed by atoms with Crippen LogP contribution in [0.15, 0.2) is 30.6 Å². The molecule has 0 saturated carbocycles. The monoisotopic (exact) mass is 420 g/mol. The van der Waals surface area contributed by atoms with Crippen LogP contribution in [0.2, 0.25) is 0 Å². The van der Waals surface area contributed by atoms with E-state index in [1.807, 2.05) is 10.2 Å². The number of carbonyl (C=O) groups is 1. The molecule has 1 saturated heterocycles. The highest BCUT2D eigenvalue weighted by Crippen LogP contribution is 2.37.